The lowest BCUT2D eigenvalue weighted by Crippen LogP contribution is -2.13. The first-order chi connectivity index (χ1) is 9.24. The number of fused-ring (bicyclic) bond motifs is 1. The molecule has 5 heteroatoms. The molecule has 0 aliphatic heterocycles. The molecular weight excluding hydrogens is 238 g/mol. The lowest BCUT2D eigenvalue weighted by Gasteiger charge is -2.12. The van der Waals surface area contributed by atoms with Crippen molar-refractivity contribution in [2.75, 3.05) is 24.3 Å². The number of nitrogens with one attached hydrogen (secondary N) is 1. The molecule has 0 atom stereocenters. The van der Waals surface area contributed by atoms with Gasteiger partial charge in [-0.1, -0.05) is 24.3 Å². The maximum Gasteiger partial charge on any atom is 0.247 e. The number of aromatic nitrogens is 3. The Morgan fingerprint density at radius 3 is 2.53 bits per heavy atom. The van der Waals surface area contributed by atoms with Gasteiger partial charge in [0.2, 0.25) is 5.95 Å². The third-order valence-corrected chi connectivity index (χ3v) is 2.83. The molecule has 0 unspecified atom stereocenters. The van der Waals surface area contributed by atoms with Crippen LogP contribution in [0.1, 0.15) is 0 Å². The van der Waals surface area contributed by atoms with Crippen molar-refractivity contribution in [1.82, 2.24) is 14.6 Å². The van der Waals surface area contributed by atoms with E-state index in [2.05, 4.69) is 15.4 Å². The minimum atomic E-state index is 0.598. The van der Waals surface area contributed by atoms with Gasteiger partial charge in [0, 0.05) is 19.8 Å². The van der Waals surface area contributed by atoms with Gasteiger partial charge >= 0.3 is 0 Å². The molecule has 2 heterocycles. The van der Waals surface area contributed by atoms with Crippen LogP contribution in [0.5, 0.6) is 0 Å². The fourth-order valence-corrected chi connectivity index (χ4v) is 1.93. The Labute approximate surface area is 111 Å². The lowest BCUT2D eigenvalue weighted by molar-refractivity contribution is 0.916. The zero-order chi connectivity index (χ0) is 13.2. The first-order valence-corrected chi connectivity index (χ1v) is 6.09. The Kier molecular flexibility index (Phi) is 2.79. The Bertz CT molecular complexity index is 687. The third-order valence-electron chi connectivity index (χ3n) is 2.83. The van der Waals surface area contributed by atoms with Crippen molar-refractivity contribution in [1.29, 1.82) is 0 Å². The third kappa shape index (κ3) is 2.22. The molecule has 0 aliphatic rings. The highest BCUT2D eigenvalue weighted by Crippen LogP contribution is 2.17. The summed E-state index contributed by atoms with van der Waals surface area (Å²) >= 11 is 0. The predicted molar refractivity (Wildman–Crippen MR) is 77.0 cm³/mol. The quantitative estimate of drug-likeness (QED) is 0.779. The zero-order valence-corrected chi connectivity index (χ0v) is 10.9. The average molecular weight is 253 g/mol. The Balaban J connectivity index is 2.00. The number of anilines is 3. The van der Waals surface area contributed by atoms with Gasteiger partial charge in [-0.2, -0.15) is 9.50 Å². The SMILES string of the molecule is CN(C)c1cccc2nc(Nc3ccccc3)nn12. The van der Waals surface area contributed by atoms with Crippen LogP contribution in [-0.2, 0) is 0 Å². The van der Waals surface area contributed by atoms with Crippen LogP contribution in [0, 0.1) is 0 Å². The molecule has 0 radical (unpaired) electrons. The van der Waals surface area contributed by atoms with Crippen LogP contribution in [0.2, 0.25) is 0 Å². The van der Waals surface area contributed by atoms with Gasteiger partial charge in [-0.3, -0.25) is 0 Å². The van der Waals surface area contributed by atoms with E-state index in [1.54, 1.807) is 0 Å². The Morgan fingerprint density at radius 1 is 1.00 bits per heavy atom. The van der Waals surface area contributed by atoms with Crippen molar-refractivity contribution in [3.63, 3.8) is 0 Å². The normalized spacial score (nSPS) is 10.6. The van der Waals surface area contributed by atoms with Crippen LogP contribution >= 0.6 is 0 Å². The molecule has 3 rings (SSSR count). The number of hydrogen-bond donors (Lipinski definition) is 1. The highest BCUT2D eigenvalue weighted by atomic mass is 15.4. The summed E-state index contributed by atoms with van der Waals surface area (Å²) in [5.74, 6) is 1.59. The second-order valence-electron chi connectivity index (χ2n) is 4.47. The largest absolute Gasteiger partial charge is 0.363 e. The van der Waals surface area contributed by atoms with Gasteiger partial charge < -0.3 is 10.2 Å². The van der Waals surface area contributed by atoms with Crippen LogP contribution in [0.25, 0.3) is 5.65 Å². The average Bonchev–Trinajstić information content (AvgIpc) is 2.81. The van der Waals surface area contributed by atoms with Crippen LogP contribution in [0.15, 0.2) is 48.5 Å². The molecule has 0 aliphatic carbocycles. The van der Waals surface area contributed by atoms with Gasteiger partial charge in [-0.25, -0.2) is 0 Å². The van der Waals surface area contributed by atoms with Crippen molar-refractivity contribution in [2.24, 2.45) is 0 Å². The van der Waals surface area contributed by atoms with Gasteiger partial charge in [0.25, 0.3) is 0 Å². The standard InChI is InChI=1S/C14H15N5/c1-18(2)13-10-6-9-12-16-14(17-19(12)13)15-11-7-4-3-5-8-11/h3-10H,1-2H3,(H,15,17). The Morgan fingerprint density at radius 2 is 1.79 bits per heavy atom. The molecule has 2 aromatic heterocycles. The number of hydrogen-bond acceptors (Lipinski definition) is 4. The number of para-hydroxylation sites is 1. The van der Waals surface area contributed by atoms with E-state index in [0.717, 1.165) is 17.2 Å². The molecule has 5 nitrogen and oxygen atoms in total. The number of benzene rings is 1. The molecule has 0 amide bonds. The highest BCUT2D eigenvalue weighted by Gasteiger charge is 2.08. The molecular formula is C14H15N5. The Hall–Kier alpha value is -2.56. The van der Waals surface area contributed by atoms with E-state index in [4.69, 9.17) is 0 Å². The summed E-state index contributed by atoms with van der Waals surface area (Å²) < 4.78 is 1.82. The summed E-state index contributed by atoms with van der Waals surface area (Å²) in [6.45, 7) is 0. The summed E-state index contributed by atoms with van der Waals surface area (Å²) in [5.41, 5.74) is 1.80. The molecule has 1 aromatic carbocycles. The van der Waals surface area contributed by atoms with Crippen molar-refractivity contribution in [3.8, 4) is 0 Å². The van der Waals surface area contributed by atoms with E-state index in [1.807, 2.05) is 72.0 Å². The molecule has 19 heavy (non-hydrogen) atoms. The highest BCUT2D eigenvalue weighted by molar-refractivity contribution is 5.57. The van der Waals surface area contributed by atoms with Crippen molar-refractivity contribution < 1.29 is 0 Å². The first kappa shape index (κ1) is 11.5. The van der Waals surface area contributed by atoms with Gasteiger partial charge in [0.05, 0.1) is 0 Å². The van der Waals surface area contributed by atoms with Crippen molar-refractivity contribution in [3.05, 3.63) is 48.5 Å². The maximum atomic E-state index is 4.48. The molecule has 0 saturated heterocycles. The number of rotatable bonds is 3. The van der Waals surface area contributed by atoms with Gasteiger partial charge in [-0.15, -0.1) is 5.10 Å². The summed E-state index contributed by atoms with van der Waals surface area (Å²) in [7, 11) is 3.97. The fourth-order valence-electron chi connectivity index (χ4n) is 1.93. The van der Waals surface area contributed by atoms with Crippen LogP contribution in [-0.4, -0.2) is 28.7 Å². The minimum Gasteiger partial charge on any atom is -0.363 e. The van der Waals surface area contributed by atoms with Gasteiger partial charge in [-0.05, 0) is 24.3 Å². The molecule has 0 fully saturated rings. The lowest BCUT2D eigenvalue weighted by atomic mass is 10.3. The molecule has 0 bridgehead atoms. The monoisotopic (exact) mass is 253 g/mol. The van der Waals surface area contributed by atoms with E-state index >= 15 is 0 Å². The van der Waals surface area contributed by atoms with Gasteiger partial charge in [0.15, 0.2) is 5.65 Å². The zero-order valence-electron chi connectivity index (χ0n) is 10.9. The minimum absolute atomic E-state index is 0.598. The van der Waals surface area contributed by atoms with Gasteiger partial charge in [0.1, 0.15) is 5.82 Å². The number of nitrogens with zero attached hydrogens (tertiary/aromatic N) is 4. The van der Waals surface area contributed by atoms with Crippen molar-refractivity contribution in [2.45, 2.75) is 0 Å². The second-order valence-corrected chi connectivity index (χ2v) is 4.47. The summed E-state index contributed by atoms with van der Waals surface area (Å²) in [6, 6.07) is 15.8. The molecule has 1 N–H and O–H groups in total. The molecule has 0 saturated carbocycles. The summed E-state index contributed by atoms with van der Waals surface area (Å²) in [4.78, 5) is 6.47. The summed E-state index contributed by atoms with van der Waals surface area (Å²) in [6.07, 6.45) is 0. The summed E-state index contributed by atoms with van der Waals surface area (Å²) in [5, 5.41) is 7.68. The van der Waals surface area contributed by atoms with Crippen LogP contribution in [0.4, 0.5) is 17.5 Å². The van der Waals surface area contributed by atoms with E-state index < -0.39 is 0 Å². The molecule has 0 spiro atoms. The van der Waals surface area contributed by atoms with Crippen LogP contribution < -0.4 is 10.2 Å². The van der Waals surface area contributed by atoms with Crippen molar-refractivity contribution >= 4 is 23.1 Å². The smallest absolute Gasteiger partial charge is 0.247 e. The van der Waals surface area contributed by atoms with Crippen LogP contribution in [0.3, 0.4) is 0 Å². The molecule has 3 aromatic rings. The van der Waals surface area contributed by atoms with E-state index in [-0.39, 0.29) is 0 Å². The first-order valence-electron chi connectivity index (χ1n) is 6.09. The predicted octanol–water partition coefficient (Wildman–Crippen LogP) is 2.54. The second kappa shape index (κ2) is 4.61. The van der Waals surface area contributed by atoms with E-state index in [1.165, 1.54) is 0 Å². The fraction of sp³-hybridized carbons (Fsp3) is 0.143. The molecule has 96 valence electrons. The topological polar surface area (TPSA) is 45.5 Å². The number of pyridine rings is 1. The van der Waals surface area contributed by atoms with E-state index in [9.17, 15) is 0 Å². The van der Waals surface area contributed by atoms with E-state index in [0.29, 0.717) is 5.95 Å². The maximum absolute atomic E-state index is 4.48.